The molecule has 1 atom stereocenters. The van der Waals surface area contributed by atoms with Crippen LogP contribution in [0.4, 0.5) is 5.82 Å². The second-order valence-electron chi connectivity index (χ2n) is 6.62. The fourth-order valence-corrected chi connectivity index (χ4v) is 3.39. The van der Waals surface area contributed by atoms with Crippen molar-refractivity contribution < 1.29 is 0 Å². The summed E-state index contributed by atoms with van der Waals surface area (Å²) in [6.45, 7) is 4.77. The molecule has 0 saturated carbocycles. The van der Waals surface area contributed by atoms with Crippen LogP contribution in [0, 0.1) is 6.92 Å². The fourth-order valence-electron chi connectivity index (χ4n) is 3.15. The molecule has 1 aromatic carbocycles. The molecule has 0 radical (unpaired) electrons. The second-order valence-corrected chi connectivity index (χ2v) is 7.03. The molecule has 1 aliphatic heterocycles. The maximum atomic E-state index is 6.26. The van der Waals surface area contributed by atoms with Crippen molar-refractivity contribution in [2.24, 2.45) is 4.99 Å². The van der Waals surface area contributed by atoms with Gasteiger partial charge in [-0.25, -0.2) is 4.98 Å². The highest BCUT2D eigenvalue weighted by Crippen LogP contribution is 2.25. The molecule has 0 spiro atoms. The van der Waals surface area contributed by atoms with E-state index in [0.29, 0.717) is 11.1 Å². The quantitative estimate of drug-likeness (QED) is 0.375. The lowest BCUT2D eigenvalue weighted by molar-refractivity contribution is 0.648. The number of anilines is 1. The van der Waals surface area contributed by atoms with Gasteiger partial charge in [0.05, 0.1) is 5.02 Å². The van der Waals surface area contributed by atoms with E-state index in [1.807, 2.05) is 19.2 Å². The van der Waals surface area contributed by atoms with E-state index >= 15 is 0 Å². The molecule has 146 valence electrons. The van der Waals surface area contributed by atoms with Gasteiger partial charge in [-0.2, -0.15) is 0 Å². The zero-order chi connectivity index (χ0) is 18.4. The van der Waals surface area contributed by atoms with E-state index in [2.05, 4.69) is 56.7 Å². The number of nitrogens with zero attached hydrogens (tertiary/aromatic N) is 3. The summed E-state index contributed by atoms with van der Waals surface area (Å²) in [5.74, 6) is 1.71. The Morgan fingerprint density at radius 3 is 2.78 bits per heavy atom. The Balaban J connectivity index is 0.00000261. The minimum absolute atomic E-state index is 0. The zero-order valence-electron chi connectivity index (χ0n) is 15.8. The molecule has 0 amide bonds. The van der Waals surface area contributed by atoms with Gasteiger partial charge in [0.1, 0.15) is 5.82 Å². The lowest BCUT2D eigenvalue weighted by atomic mass is 10.1. The molecule has 1 fully saturated rings. The number of hydrogen-bond donors (Lipinski definition) is 2. The molecule has 1 aromatic heterocycles. The van der Waals surface area contributed by atoms with E-state index in [9.17, 15) is 0 Å². The number of hydrogen-bond acceptors (Lipinski definition) is 3. The minimum atomic E-state index is 0. The normalized spacial score (nSPS) is 16.8. The minimum Gasteiger partial charge on any atom is -0.356 e. The highest BCUT2D eigenvalue weighted by molar-refractivity contribution is 14.0. The summed E-state index contributed by atoms with van der Waals surface area (Å²) >= 11 is 6.26. The number of benzene rings is 1. The average Bonchev–Trinajstić information content (AvgIpc) is 3.11. The number of halogens is 2. The third-order valence-corrected chi connectivity index (χ3v) is 4.91. The Kier molecular flexibility index (Phi) is 8.63. The highest BCUT2D eigenvalue weighted by Gasteiger charge is 2.25. The first-order valence-electron chi connectivity index (χ1n) is 9.04. The van der Waals surface area contributed by atoms with Gasteiger partial charge in [-0.15, -0.1) is 24.0 Å². The van der Waals surface area contributed by atoms with Crippen molar-refractivity contribution in [3.05, 3.63) is 58.7 Å². The molecule has 2 heterocycles. The van der Waals surface area contributed by atoms with Crippen LogP contribution in [0.5, 0.6) is 0 Å². The molecule has 1 saturated heterocycles. The predicted octanol–water partition coefficient (Wildman–Crippen LogP) is 3.65. The van der Waals surface area contributed by atoms with Crippen LogP contribution in [0.2, 0.25) is 5.02 Å². The molecule has 7 heteroatoms. The molecule has 2 N–H and O–H groups in total. The maximum absolute atomic E-state index is 6.26. The standard InChI is InChI=1S/C20H26ClN5.HI/c1-15-5-7-16(8-6-15)9-12-24-20(22-2)25-17-10-13-26(14-17)19-18(21)4-3-11-23-19;/h3-8,11,17H,9-10,12-14H2,1-2H3,(H2,22,24,25);1H. The van der Waals surface area contributed by atoms with Crippen LogP contribution in [-0.4, -0.2) is 43.7 Å². The van der Waals surface area contributed by atoms with Gasteiger partial charge in [-0.3, -0.25) is 4.99 Å². The van der Waals surface area contributed by atoms with Crippen molar-refractivity contribution >= 4 is 47.4 Å². The Hall–Kier alpha value is -1.54. The van der Waals surface area contributed by atoms with Crippen LogP contribution >= 0.6 is 35.6 Å². The largest absolute Gasteiger partial charge is 0.356 e. The molecule has 3 rings (SSSR count). The monoisotopic (exact) mass is 499 g/mol. The smallest absolute Gasteiger partial charge is 0.191 e. The number of guanidine groups is 1. The summed E-state index contributed by atoms with van der Waals surface area (Å²) in [7, 11) is 1.81. The van der Waals surface area contributed by atoms with E-state index < -0.39 is 0 Å². The van der Waals surface area contributed by atoms with E-state index in [-0.39, 0.29) is 24.0 Å². The van der Waals surface area contributed by atoms with Gasteiger partial charge in [0, 0.05) is 38.9 Å². The highest BCUT2D eigenvalue weighted by atomic mass is 127. The van der Waals surface area contributed by atoms with Crippen molar-refractivity contribution in [1.82, 2.24) is 15.6 Å². The summed E-state index contributed by atoms with van der Waals surface area (Å²) in [5.41, 5.74) is 2.62. The first-order chi connectivity index (χ1) is 12.7. The van der Waals surface area contributed by atoms with Gasteiger partial charge in [0.25, 0.3) is 0 Å². The lowest BCUT2D eigenvalue weighted by Gasteiger charge is -2.20. The average molecular weight is 500 g/mol. The van der Waals surface area contributed by atoms with Crippen LogP contribution in [0.25, 0.3) is 0 Å². The molecule has 2 aromatic rings. The molecule has 5 nitrogen and oxygen atoms in total. The topological polar surface area (TPSA) is 52.6 Å². The molecule has 0 bridgehead atoms. The first kappa shape index (κ1) is 21.8. The van der Waals surface area contributed by atoms with E-state index in [1.54, 1.807) is 6.20 Å². The molecule has 1 unspecified atom stereocenters. The third-order valence-electron chi connectivity index (χ3n) is 4.62. The number of aryl methyl sites for hydroxylation is 1. The fraction of sp³-hybridized carbons (Fsp3) is 0.400. The van der Waals surface area contributed by atoms with Crippen molar-refractivity contribution in [2.45, 2.75) is 25.8 Å². The van der Waals surface area contributed by atoms with E-state index in [4.69, 9.17) is 11.6 Å². The van der Waals surface area contributed by atoms with Gasteiger partial charge in [0.15, 0.2) is 5.96 Å². The summed E-state index contributed by atoms with van der Waals surface area (Å²) in [5, 5.41) is 7.61. The second kappa shape index (κ2) is 10.7. The molecule has 1 aliphatic rings. The molecule has 27 heavy (non-hydrogen) atoms. The number of aliphatic imine (C=N–C) groups is 1. The van der Waals surface area contributed by atoms with Gasteiger partial charge in [-0.05, 0) is 37.5 Å². The van der Waals surface area contributed by atoms with Crippen LogP contribution in [0.3, 0.4) is 0 Å². The SMILES string of the molecule is CN=C(NCCc1ccc(C)cc1)NC1CCN(c2ncccc2Cl)C1.I. The van der Waals surface area contributed by atoms with Gasteiger partial charge in [0.2, 0.25) is 0 Å². The molecule has 0 aliphatic carbocycles. The number of nitrogens with one attached hydrogen (secondary N) is 2. The van der Waals surface area contributed by atoms with E-state index in [0.717, 1.165) is 44.3 Å². The Morgan fingerprint density at radius 2 is 2.07 bits per heavy atom. The summed E-state index contributed by atoms with van der Waals surface area (Å²) < 4.78 is 0. The van der Waals surface area contributed by atoms with Crippen molar-refractivity contribution in [3.8, 4) is 0 Å². The van der Waals surface area contributed by atoms with Crippen molar-refractivity contribution in [2.75, 3.05) is 31.6 Å². The predicted molar refractivity (Wildman–Crippen MR) is 125 cm³/mol. The van der Waals surface area contributed by atoms with Crippen LogP contribution < -0.4 is 15.5 Å². The first-order valence-corrected chi connectivity index (χ1v) is 9.41. The Morgan fingerprint density at radius 1 is 1.30 bits per heavy atom. The van der Waals surface area contributed by atoms with Crippen molar-refractivity contribution in [1.29, 1.82) is 0 Å². The lowest BCUT2D eigenvalue weighted by Crippen LogP contribution is -2.45. The summed E-state index contributed by atoms with van der Waals surface area (Å²) in [6.07, 6.45) is 3.79. The van der Waals surface area contributed by atoms with Gasteiger partial charge in [-0.1, -0.05) is 41.4 Å². The van der Waals surface area contributed by atoms with Crippen LogP contribution in [0.1, 0.15) is 17.5 Å². The Labute approximate surface area is 183 Å². The summed E-state index contributed by atoms with van der Waals surface area (Å²) in [6, 6.07) is 12.7. The third kappa shape index (κ3) is 6.24. The van der Waals surface area contributed by atoms with E-state index in [1.165, 1.54) is 11.1 Å². The molecular weight excluding hydrogens is 473 g/mol. The zero-order valence-corrected chi connectivity index (χ0v) is 18.9. The number of aromatic nitrogens is 1. The number of pyridine rings is 1. The van der Waals surface area contributed by atoms with Crippen LogP contribution in [0.15, 0.2) is 47.6 Å². The molecular formula is C20H27ClIN5. The van der Waals surface area contributed by atoms with Crippen LogP contribution in [-0.2, 0) is 6.42 Å². The van der Waals surface area contributed by atoms with Gasteiger partial charge >= 0.3 is 0 Å². The Bertz CT molecular complexity index is 750. The van der Waals surface area contributed by atoms with Crippen molar-refractivity contribution in [3.63, 3.8) is 0 Å². The van der Waals surface area contributed by atoms with Gasteiger partial charge < -0.3 is 15.5 Å². The number of rotatable bonds is 5. The maximum Gasteiger partial charge on any atom is 0.191 e. The summed E-state index contributed by atoms with van der Waals surface area (Å²) in [4.78, 5) is 11.0.